The third-order valence-electron chi connectivity index (χ3n) is 4.15. The van der Waals surface area contributed by atoms with Crippen molar-refractivity contribution in [1.29, 1.82) is 0 Å². The zero-order valence-corrected chi connectivity index (χ0v) is 12.7. The van der Waals surface area contributed by atoms with Crippen LogP contribution in [0.25, 0.3) is 11.1 Å². The Kier molecular flexibility index (Phi) is 3.26. The Morgan fingerprint density at radius 2 is 2.09 bits per heavy atom. The largest absolute Gasteiger partial charge is 0.497 e. The Balaban J connectivity index is 1.62. The molecule has 5 heteroatoms. The van der Waals surface area contributed by atoms with E-state index in [2.05, 4.69) is 4.98 Å². The quantitative estimate of drug-likeness (QED) is 0.744. The molecule has 1 aliphatic heterocycles. The van der Waals surface area contributed by atoms with Crippen LogP contribution in [0.5, 0.6) is 5.75 Å². The van der Waals surface area contributed by atoms with Crippen molar-refractivity contribution in [3.05, 3.63) is 54.4 Å². The molecule has 5 nitrogen and oxygen atoms in total. The van der Waals surface area contributed by atoms with Gasteiger partial charge in [0, 0.05) is 24.7 Å². The highest BCUT2D eigenvalue weighted by Crippen LogP contribution is 2.33. The molecule has 0 aliphatic carbocycles. The topological polar surface area (TPSA) is 55.6 Å². The van der Waals surface area contributed by atoms with E-state index >= 15 is 0 Å². The van der Waals surface area contributed by atoms with Gasteiger partial charge in [0.25, 0.3) is 0 Å². The number of para-hydroxylation sites is 2. The van der Waals surface area contributed by atoms with Crippen LogP contribution >= 0.6 is 0 Å². The van der Waals surface area contributed by atoms with Gasteiger partial charge in [-0.3, -0.25) is 4.79 Å². The number of fused-ring (bicyclic) bond motifs is 1. The fraction of sp³-hybridized carbons (Fsp3) is 0.222. The van der Waals surface area contributed by atoms with Crippen LogP contribution in [0.1, 0.15) is 18.2 Å². The second-order valence-electron chi connectivity index (χ2n) is 5.63. The summed E-state index contributed by atoms with van der Waals surface area (Å²) in [4.78, 5) is 18.7. The number of aromatic nitrogens is 1. The summed E-state index contributed by atoms with van der Waals surface area (Å²) in [7, 11) is 1.62. The Bertz CT molecular complexity index is 838. The molecule has 4 rings (SSSR count). The number of amides is 1. The second kappa shape index (κ2) is 5.43. The number of methoxy groups -OCH3 is 1. The van der Waals surface area contributed by atoms with E-state index in [0.29, 0.717) is 18.9 Å². The van der Waals surface area contributed by atoms with Crippen molar-refractivity contribution in [3.63, 3.8) is 0 Å². The Hall–Kier alpha value is -2.82. The number of carbonyl (C=O) groups excluding carboxylic acids is 1. The van der Waals surface area contributed by atoms with Gasteiger partial charge in [-0.25, -0.2) is 4.98 Å². The maximum absolute atomic E-state index is 12.4. The molecular weight excluding hydrogens is 292 g/mol. The molecule has 3 aromatic rings. The summed E-state index contributed by atoms with van der Waals surface area (Å²) in [5.74, 6) is 1.41. The van der Waals surface area contributed by atoms with Crippen LogP contribution in [0, 0.1) is 0 Å². The summed E-state index contributed by atoms with van der Waals surface area (Å²) < 4.78 is 11.0. The molecular formula is C18H16N2O3. The van der Waals surface area contributed by atoms with Gasteiger partial charge in [0.2, 0.25) is 11.8 Å². The first-order chi connectivity index (χ1) is 11.2. The van der Waals surface area contributed by atoms with Crippen LogP contribution < -0.4 is 9.64 Å². The molecule has 2 aromatic carbocycles. The minimum atomic E-state index is -0.0268. The number of nitrogens with zero attached hydrogens (tertiary/aromatic N) is 2. The summed E-state index contributed by atoms with van der Waals surface area (Å²) in [6, 6.07) is 15.2. The molecule has 1 atom stereocenters. The molecule has 0 saturated carbocycles. The molecule has 1 fully saturated rings. The smallest absolute Gasteiger partial charge is 0.227 e. The lowest BCUT2D eigenvalue weighted by molar-refractivity contribution is -0.117. The Morgan fingerprint density at radius 3 is 2.91 bits per heavy atom. The molecule has 116 valence electrons. The highest BCUT2D eigenvalue weighted by Gasteiger charge is 2.34. The van der Waals surface area contributed by atoms with Gasteiger partial charge < -0.3 is 14.1 Å². The van der Waals surface area contributed by atoms with E-state index in [-0.39, 0.29) is 11.8 Å². The highest BCUT2D eigenvalue weighted by atomic mass is 16.5. The molecule has 1 saturated heterocycles. The maximum Gasteiger partial charge on any atom is 0.227 e. The van der Waals surface area contributed by atoms with Crippen LogP contribution in [-0.4, -0.2) is 24.5 Å². The van der Waals surface area contributed by atoms with Crippen LogP contribution in [0.15, 0.2) is 52.9 Å². The van der Waals surface area contributed by atoms with E-state index in [0.717, 1.165) is 22.5 Å². The molecule has 0 bridgehead atoms. The van der Waals surface area contributed by atoms with Gasteiger partial charge in [0.05, 0.1) is 13.0 Å². The predicted molar refractivity (Wildman–Crippen MR) is 86.7 cm³/mol. The van der Waals surface area contributed by atoms with Crippen LogP contribution in [0.3, 0.4) is 0 Å². The van der Waals surface area contributed by atoms with Crippen molar-refractivity contribution < 1.29 is 13.9 Å². The van der Waals surface area contributed by atoms with Gasteiger partial charge in [-0.05, 0) is 24.3 Å². The minimum Gasteiger partial charge on any atom is -0.497 e. The molecule has 1 amide bonds. The lowest BCUT2D eigenvalue weighted by Crippen LogP contribution is -2.24. The molecule has 1 aliphatic rings. The van der Waals surface area contributed by atoms with Gasteiger partial charge in [-0.2, -0.15) is 0 Å². The first kappa shape index (κ1) is 13.8. The fourth-order valence-corrected chi connectivity index (χ4v) is 2.97. The Labute approximate surface area is 133 Å². The molecule has 0 N–H and O–H groups in total. The maximum atomic E-state index is 12.4. The summed E-state index contributed by atoms with van der Waals surface area (Å²) in [5, 5.41) is 0. The van der Waals surface area contributed by atoms with Gasteiger partial charge in [0.1, 0.15) is 11.3 Å². The molecule has 23 heavy (non-hydrogen) atoms. The average Bonchev–Trinajstić information content (AvgIpc) is 3.18. The predicted octanol–water partition coefficient (Wildman–Crippen LogP) is 3.36. The normalized spacial score (nSPS) is 17.9. The monoisotopic (exact) mass is 308 g/mol. The summed E-state index contributed by atoms with van der Waals surface area (Å²) in [5.41, 5.74) is 2.43. The van der Waals surface area contributed by atoms with E-state index in [4.69, 9.17) is 9.15 Å². The van der Waals surface area contributed by atoms with E-state index in [1.54, 1.807) is 12.0 Å². The van der Waals surface area contributed by atoms with Gasteiger partial charge in [-0.15, -0.1) is 0 Å². The number of carbonyl (C=O) groups is 1. The minimum absolute atomic E-state index is 0.0268. The zero-order valence-electron chi connectivity index (χ0n) is 12.7. The number of hydrogen-bond donors (Lipinski definition) is 0. The first-order valence-corrected chi connectivity index (χ1v) is 7.54. The molecule has 1 unspecified atom stereocenters. The number of oxazole rings is 1. The van der Waals surface area contributed by atoms with Crippen molar-refractivity contribution in [1.82, 2.24) is 4.98 Å². The SMILES string of the molecule is COc1cccc(N2CC(c3nc4ccccc4o3)CC2=O)c1. The van der Waals surface area contributed by atoms with Crippen LogP contribution in [0.2, 0.25) is 0 Å². The first-order valence-electron chi connectivity index (χ1n) is 7.54. The third kappa shape index (κ3) is 2.44. The van der Waals surface area contributed by atoms with Crippen LogP contribution in [0.4, 0.5) is 5.69 Å². The summed E-state index contributed by atoms with van der Waals surface area (Å²) >= 11 is 0. The second-order valence-corrected chi connectivity index (χ2v) is 5.63. The summed E-state index contributed by atoms with van der Waals surface area (Å²) in [6.45, 7) is 0.568. The molecule has 0 spiro atoms. The van der Waals surface area contributed by atoms with Crippen molar-refractivity contribution in [2.45, 2.75) is 12.3 Å². The number of ether oxygens (including phenoxy) is 1. The number of hydrogen-bond acceptors (Lipinski definition) is 4. The van der Waals surface area contributed by atoms with Gasteiger partial charge >= 0.3 is 0 Å². The van der Waals surface area contributed by atoms with E-state index in [9.17, 15) is 4.79 Å². The fourth-order valence-electron chi connectivity index (χ4n) is 2.97. The lowest BCUT2D eigenvalue weighted by atomic mass is 10.1. The number of anilines is 1. The standard InChI is InChI=1S/C18H16N2O3/c1-22-14-6-4-5-13(10-14)20-11-12(9-17(20)21)18-19-15-7-2-3-8-16(15)23-18/h2-8,10,12H,9,11H2,1H3. The lowest BCUT2D eigenvalue weighted by Gasteiger charge is -2.16. The van der Waals surface area contributed by atoms with E-state index in [1.807, 2.05) is 48.5 Å². The van der Waals surface area contributed by atoms with Crippen molar-refractivity contribution in [2.75, 3.05) is 18.6 Å². The van der Waals surface area contributed by atoms with Gasteiger partial charge in [0.15, 0.2) is 5.58 Å². The van der Waals surface area contributed by atoms with Gasteiger partial charge in [-0.1, -0.05) is 18.2 Å². The van der Waals surface area contributed by atoms with Crippen LogP contribution in [-0.2, 0) is 4.79 Å². The third-order valence-corrected chi connectivity index (χ3v) is 4.15. The highest BCUT2D eigenvalue weighted by molar-refractivity contribution is 5.96. The zero-order chi connectivity index (χ0) is 15.8. The van der Waals surface area contributed by atoms with E-state index < -0.39 is 0 Å². The van der Waals surface area contributed by atoms with Crippen molar-refractivity contribution in [3.8, 4) is 5.75 Å². The molecule has 1 aromatic heterocycles. The van der Waals surface area contributed by atoms with Crippen molar-refractivity contribution >= 4 is 22.7 Å². The summed E-state index contributed by atoms with van der Waals surface area (Å²) in [6.07, 6.45) is 0.407. The molecule has 2 heterocycles. The number of benzene rings is 2. The number of rotatable bonds is 3. The average molecular weight is 308 g/mol. The van der Waals surface area contributed by atoms with Crippen molar-refractivity contribution in [2.24, 2.45) is 0 Å². The Morgan fingerprint density at radius 1 is 1.22 bits per heavy atom. The van der Waals surface area contributed by atoms with E-state index in [1.165, 1.54) is 0 Å². The molecule has 0 radical (unpaired) electrons.